The van der Waals surface area contributed by atoms with E-state index in [4.69, 9.17) is 0 Å². The highest BCUT2D eigenvalue weighted by Crippen LogP contribution is 2.22. The van der Waals surface area contributed by atoms with Gasteiger partial charge in [0.15, 0.2) is 0 Å². The molecule has 0 amide bonds. The average Bonchev–Trinajstić information content (AvgIpc) is 2.52. The van der Waals surface area contributed by atoms with Crippen molar-refractivity contribution in [2.24, 2.45) is 5.92 Å². The quantitative estimate of drug-likeness (QED) is 0.834. The third-order valence-electron chi connectivity index (χ3n) is 2.02. The Morgan fingerprint density at radius 1 is 1.50 bits per heavy atom. The van der Waals surface area contributed by atoms with Crippen LogP contribution in [-0.2, 0) is 6.54 Å². The molecule has 1 unspecified atom stereocenters. The summed E-state index contributed by atoms with van der Waals surface area (Å²) in [5, 5.41) is 8.74. The molecule has 4 heteroatoms. The van der Waals surface area contributed by atoms with Gasteiger partial charge in [-0.25, -0.2) is 0 Å². The Kier molecular flexibility index (Phi) is 5.70. The van der Waals surface area contributed by atoms with Crippen molar-refractivity contribution in [2.75, 3.05) is 20.1 Å². The lowest BCUT2D eigenvalue weighted by molar-refractivity contribution is 0.492. The number of hydrogen-bond donors (Lipinski definition) is 2. The molecule has 0 saturated carbocycles. The molecule has 0 bridgehead atoms. The molecule has 0 saturated heterocycles. The summed E-state index contributed by atoms with van der Waals surface area (Å²) >= 11 is 5.31. The summed E-state index contributed by atoms with van der Waals surface area (Å²) in [4.78, 5) is 1.38. The van der Waals surface area contributed by atoms with Crippen LogP contribution in [0.15, 0.2) is 15.9 Å². The van der Waals surface area contributed by atoms with E-state index in [1.165, 1.54) is 9.35 Å². The van der Waals surface area contributed by atoms with Crippen LogP contribution in [0.2, 0.25) is 0 Å². The van der Waals surface area contributed by atoms with Crippen LogP contribution in [0, 0.1) is 5.92 Å². The highest BCUT2D eigenvalue weighted by atomic mass is 79.9. The van der Waals surface area contributed by atoms with Crippen LogP contribution >= 0.6 is 27.3 Å². The van der Waals surface area contributed by atoms with Crippen LogP contribution in [0.25, 0.3) is 0 Å². The van der Waals surface area contributed by atoms with Crippen molar-refractivity contribution in [1.82, 2.24) is 10.6 Å². The first kappa shape index (κ1) is 12.2. The summed E-state index contributed by atoms with van der Waals surface area (Å²) in [5.74, 6) is 0.679. The zero-order valence-electron chi connectivity index (χ0n) is 8.64. The maximum Gasteiger partial charge on any atom is 0.0327 e. The normalized spacial score (nSPS) is 13.1. The van der Waals surface area contributed by atoms with E-state index in [0.717, 1.165) is 19.6 Å². The lowest BCUT2D eigenvalue weighted by Gasteiger charge is -2.11. The second-order valence-corrected chi connectivity index (χ2v) is 5.34. The van der Waals surface area contributed by atoms with E-state index in [2.05, 4.69) is 44.9 Å². The van der Waals surface area contributed by atoms with Gasteiger partial charge in [-0.1, -0.05) is 6.92 Å². The Balaban J connectivity index is 2.19. The van der Waals surface area contributed by atoms with Crippen LogP contribution in [0.4, 0.5) is 0 Å². The number of rotatable bonds is 6. The third kappa shape index (κ3) is 4.09. The van der Waals surface area contributed by atoms with E-state index in [1.807, 2.05) is 7.05 Å². The van der Waals surface area contributed by atoms with Crippen molar-refractivity contribution >= 4 is 27.3 Å². The summed E-state index contributed by atoms with van der Waals surface area (Å²) < 4.78 is 1.22. The van der Waals surface area contributed by atoms with E-state index in [1.54, 1.807) is 11.3 Å². The van der Waals surface area contributed by atoms with Crippen molar-refractivity contribution in [3.8, 4) is 0 Å². The molecule has 1 heterocycles. The van der Waals surface area contributed by atoms with Crippen molar-refractivity contribution in [3.63, 3.8) is 0 Å². The minimum atomic E-state index is 0.679. The molecule has 0 radical (unpaired) electrons. The van der Waals surface area contributed by atoms with Gasteiger partial charge in [0.25, 0.3) is 0 Å². The van der Waals surface area contributed by atoms with Gasteiger partial charge in [-0.3, -0.25) is 0 Å². The van der Waals surface area contributed by atoms with Gasteiger partial charge < -0.3 is 10.6 Å². The molecule has 2 nitrogen and oxygen atoms in total. The van der Waals surface area contributed by atoms with E-state index >= 15 is 0 Å². The minimum absolute atomic E-state index is 0.679. The van der Waals surface area contributed by atoms with E-state index < -0.39 is 0 Å². The van der Waals surface area contributed by atoms with Crippen LogP contribution in [0.1, 0.15) is 11.8 Å². The second-order valence-electron chi connectivity index (χ2n) is 3.49. The van der Waals surface area contributed by atoms with Crippen LogP contribution in [0.3, 0.4) is 0 Å². The zero-order valence-corrected chi connectivity index (χ0v) is 11.0. The minimum Gasteiger partial charge on any atom is -0.319 e. The van der Waals surface area contributed by atoms with Crippen molar-refractivity contribution in [3.05, 3.63) is 20.8 Å². The van der Waals surface area contributed by atoms with Gasteiger partial charge in [-0.2, -0.15) is 0 Å². The second kappa shape index (κ2) is 6.56. The van der Waals surface area contributed by atoms with Gasteiger partial charge in [0.1, 0.15) is 0 Å². The molecular weight excluding hydrogens is 260 g/mol. The topological polar surface area (TPSA) is 24.1 Å². The van der Waals surface area contributed by atoms with Gasteiger partial charge in [0.05, 0.1) is 0 Å². The Morgan fingerprint density at radius 3 is 2.86 bits per heavy atom. The van der Waals surface area contributed by atoms with Gasteiger partial charge in [0.2, 0.25) is 0 Å². The molecule has 0 aliphatic rings. The largest absolute Gasteiger partial charge is 0.319 e. The van der Waals surface area contributed by atoms with Crippen molar-refractivity contribution in [1.29, 1.82) is 0 Å². The predicted molar refractivity (Wildman–Crippen MR) is 66.8 cm³/mol. The number of thiophene rings is 1. The fourth-order valence-electron chi connectivity index (χ4n) is 1.30. The third-order valence-corrected chi connectivity index (χ3v) is 3.95. The standard InChI is InChI=1S/C10H17BrN2S/c1-8(5-12-2)6-13-7-10-9(11)3-4-14-10/h3-4,8,12-13H,5-7H2,1-2H3. The fourth-order valence-corrected chi connectivity index (χ4v) is 2.77. The molecule has 1 rings (SSSR count). The first-order valence-corrected chi connectivity index (χ1v) is 6.48. The molecule has 0 aliphatic heterocycles. The zero-order chi connectivity index (χ0) is 10.4. The SMILES string of the molecule is CNCC(C)CNCc1sccc1Br. The van der Waals surface area contributed by atoms with Crippen LogP contribution in [0.5, 0.6) is 0 Å². The smallest absolute Gasteiger partial charge is 0.0327 e. The molecule has 1 atom stereocenters. The van der Waals surface area contributed by atoms with Crippen molar-refractivity contribution < 1.29 is 0 Å². The molecule has 0 fully saturated rings. The molecule has 1 aromatic rings. The molecule has 2 N–H and O–H groups in total. The summed E-state index contributed by atoms with van der Waals surface area (Å²) in [5.41, 5.74) is 0. The monoisotopic (exact) mass is 276 g/mol. The maximum absolute atomic E-state index is 3.52. The molecule has 14 heavy (non-hydrogen) atoms. The Bertz CT molecular complexity index is 262. The number of nitrogens with one attached hydrogen (secondary N) is 2. The van der Waals surface area contributed by atoms with E-state index in [-0.39, 0.29) is 0 Å². The van der Waals surface area contributed by atoms with Crippen molar-refractivity contribution in [2.45, 2.75) is 13.5 Å². The van der Waals surface area contributed by atoms with Gasteiger partial charge in [-0.15, -0.1) is 11.3 Å². The lowest BCUT2D eigenvalue weighted by Crippen LogP contribution is -2.27. The predicted octanol–water partition coefficient (Wildman–Crippen LogP) is 2.46. The van der Waals surface area contributed by atoms with Crippen LogP contribution < -0.4 is 10.6 Å². The Labute approximate surface area is 98.2 Å². The molecular formula is C10H17BrN2S. The molecule has 0 aromatic carbocycles. The van der Waals surface area contributed by atoms with Gasteiger partial charge in [-0.05, 0) is 53.4 Å². The summed E-state index contributed by atoms with van der Waals surface area (Å²) in [6.45, 7) is 5.34. The number of hydrogen-bond acceptors (Lipinski definition) is 3. The maximum atomic E-state index is 3.52. The summed E-state index contributed by atoms with van der Waals surface area (Å²) in [6, 6.07) is 2.10. The average molecular weight is 277 g/mol. The molecule has 80 valence electrons. The highest BCUT2D eigenvalue weighted by molar-refractivity contribution is 9.10. The van der Waals surface area contributed by atoms with E-state index in [0.29, 0.717) is 5.92 Å². The summed E-state index contributed by atoms with van der Waals surface area (Å²) in [6.07, 6.45) is 0. The van der Waals surface area contributed by atoms with Gasteiger partial charge >= 0.3 is 0 Å². The van der Waals surface area contributed by atoms with E-state index in [9.17, 15) is 0 Å². The Morgan fingerprint density at radius 2 is 2.29 bits per heavy atom. The first-order chi connectivity index (χ1) is 6.74. The lowest BCUT2D eigenvalue weighted by atomic mass is 10.2. The first-order valence-electron chi connectivity index (χ1n) is 4.81. The summed E-state index contributed by atoms with van der Waals surface area (Å²) in [7, 11) is 1.99. The highest BCUT2D eigenvalue weighted by Gasteiger charge is 2.02. The van der Waals surface area contributed by atoms with Gasteiger partial charge in [0, 0.05) is 15.9 Å². The van der Waals surface area contributed by atoms with Crippen LogP contribution in [-0.4, -0.2) is 20.1 Å². The Hall–Kier alpha value is 0.100. The fraction of sp³-hybridized carbons (Fsp3) is 0.600. The molecule has 0 spiro atoms. The molecule has 0 aliphatic carbocycles. The number of halogens is 1. The molecule has 1 aromatic heterocycles.